The van der Waals surface area contributed by atoms with E-state index in [4.69, 9.17) is 14.2 Å². The molecule has 16 heavy (non-hydrogen) atoms. The van der Waals surface area contributed by atoms with Gasteiger partial charge in [0.2, 0.25) is 0 Å². The van der Waals surface area contributed by atoms with Crippen molar-refractivity contribution in [3.05, 3.63) is 12.7 Å². The van der Waals surface area contributed by atoms with E-state index in [9.17, 15) is 5.11 Å². The van der Waals surface area contributed by atoms with Gasteiger partial charge in [0.1, 0.15) is 0 Å². The summed E-state index contributed by atoms with van der Waals surface area (Å²) >= 11 is 0.432. The number of fused-ring (bicyclic) bond motifs is 1. The summed E-state index contributed by atoms with van der Waals surface area (Å²) < 4.78 is 16.8. The second-order valence-electron chi connectivity index (χ2n) is 4.46. The quantitative estimate of drug-likeness (QED) is 0.476. The van der Waals surface area contributed by atoms with Crippen molar-refractivity contribution in [2.45, 2.75) is 54.9 Å². The van der Waals surface area contributed by atoms with Crippen molar-refractivity contribution in [3.63, 3.8) is 0 Å². The molecule has 0 saturated carbocycles. The second-order valence-corrected chi connectivity index (χ2v) is 6.72. The molecule has 5 heteroatoms. The fourth-order valence-corrected chi connectivity index (χ4v) is 3.66. The molecule has 0 aliphatic carbocycles. The Morgan fingerprint density at radius 1 is 1.44 bits per heavy atom. The summed E-state index contributed by atoms with van der Waals surface area (Å²) in [5.41, 5.74) is 0. The minimum atomic E-state index is -0.645. The Kier molecular flexibility index (Phi) is 3.74. The average molecular weight is 293 g/mol. The summed E-state index contributed by atoms with van der Waals surface area (Å²) in [6.07, 6.45) is 0.441. The summed E-state index contributed by atoms with van der Waals surface area (Å²) in [5, 5.41) is 11.9. The Morgan fingerprint density at radius 3 is 2.81 bits per heavy atom. The summed E-state index contributed by atoms with van der Waals surface area (Å²) in [5.74, 6) is -0.645. The number of aliphatic hydroxyl groups excluding tert-OH is 1. The van der Waals surface area contributed by atoms with Crippen LogP contribution in [0, 0.1) is 0 Å². The third kappa shape index (κ3) is 2.50. The van der Waals surface area contributed by atoms with Gasteiger partial charge in [-0.1, -0.05) is 0 Å². The zero-order valence-electron chi connectivity index (χ0n) is 9.59. The molecule has 2 fully saturated rings. The fraction of sp³-hybridized carbons (Fsp3) is 0.818. The van der Waals surface area contributed by atoms with Crippen molar-refractivity contribution in [1.82, 2.24) is 0 Å². The molecule has 92 valence electrons. The SMILES string of the molecule is C=CC[Se]C[C@H]1O[C@@H]2OC(C)(C)O[C@@H]2[C@H]1O. The number of hydrogen-bond donors (Lipinski definition) is 1. The molecule has 2 rings (SSSR count). The Morgan fingerprint density at radius 2 is 2.19 bits per heavy atom. The molecule has 4 atom stereocenters. The van der Waals surface area contributed by atoms with Gasteiger partial charge < -0.3 is 0 Å². The van der Waals surface area contributed by atoms with Crippen molar-refractivity contribution in [2.24, 2.45) is 0 Å². The van der Waals surface area contributed by atoms with Crippen LogP contribution in [0.15, 0.2) is 12.7 Å². The molecule has 0 spiro atoms. The molecule has 0 aromatic heterocycles. The van der Waals surface area contributed by atoms with Gasteiger partial charge in [0, 0.05) is 0 Å². The second kappa shape index (κ2) is 4.76. The van der Waals surface area contributed by atoms with E-state index in [0.29, 0.717) is 15.0 Å². The molecule has 2 aliphatic heterocycles. The van der Waals surface area contributed by atoms with Crippen LogP contribution in [0.1, 0.15) is 13.8 Å². The average Bonchev–Trinajstić information content (AvgIpc) is 2.63. The van der Waals surface area contributed by atoms with Crippen LogP contribution in [0.5, 0.6) is 0 Å². The zero-order valence-corrected chi connectivity index (χ0v) is 11.3. The van der Waals surface area contributed by atoms with Gasteiger partial charge in [-0.3, -0.25) is 0 Å². The first-order valence-corrected chi connectivity index (χ1v) is 7.83. The van der Waals surface area contributed by atoms with E-state index in [1.165, 1.54) is 0 Å². The summed E-state index contributed by atoms with van der Waals surface area (Å²) in [4.78, 5) is 0. The maximum atomic E-state index is 10.0. The van der Waals surface area contributed by atoms with Crippen LogP contribution in [0.2, 0.25) is 10.6 Å². The van der Waals surface area contributed by atoms with E-state index in [1.54, 1.807) is 0 Å². The Hall–Kier alpha value is 0.0995. The molecular formula is C11H18O4Se. The van der Waals surface area contributed by atoms with E-state index in [0.717, 1.165) is 10.6 Å². The first-order chi connectivity index (χ1) is 7.53. The molecule has 4 nitrogen and oxygen atoms in total. The molecule has 0 unspecified atom stereocenters. The van der Waals surface area contributed by atoms with Gasteiger partial charge in [0.05, 0.1) is 0 Å². The Balaban J connectivity index is 1.87. The maximum absolute atomic E-state index is 10.0. The van der Waals surface area contributed by atoms with Crippen molar-refractivity contribution >= 4 is 15.0 Å². The van der Waals surface area contributed by atoms with Crippen LogP contribution in [0.4, 0.5) is 0 Å². The van der Waals surface area contributed by atoms with Crippen molar-refractivity contribution in [2.75, 3.05) is 0 Å². The number of aliphatic hydroxyl groups is 1. The fourth-order valence-electron chi connectivity index (χ4n) is 1.96. The van der Waals surface area contributed by atoms with E-state index in [-0.39, 0.29) is 12.2 Å². The zero-order chi connectivity index (χ0) is 11.8. The van der Waals surface area contributed by atoms with Crippen LogP contribution < -0.4 is 0 Å². The first kappa shape index (κ1) is 12.6. The van der Waals surface area contributed by atoms with Crippen molar-refractivity contribution < 1.29 is 19.3 Å². The van der Waals surface area contributed by atoms with E-state index in [2.05, 4.69) is 6.58 Å². The minimum absolute atomic E-state index is 0.147. The van der Waals surface area contributed by atoms with Gasteiger partial charge in [0.15, 0.2) is 0 Å². The topological polar surface area (TPSA) is 47.9 Å². The molecule has 0 bridgehead atoms. The predicted octanol–water partition coefficient (Wildman–Crippen LogP) is 0.950. The summed E-state index contributed by atoms with van der Waals surface area (Å²) in [7, 11) is 0. The molecule has 2 heterocycles. The molecule has 1 N–H and O–H groups in total. The van der Waals surface area contributed by atoms with Crippen LogP contribution >= 0.6 is 0 Å². The third-order valence-electron chi connectivity index (χ3n) is 2.63. The number of ether oxygens (including phenoxy) is 3. The number of rotatable bonds is 4. The van der Waals surface area contributed by atoms with Gasteiger partial charge in [-0.15, -0.1) is 0 Å². The Bertz CT molecular complexity index is 269. The molecule has 0 amide bonds. The van der Waals surface area contributed by atoms with Crippen LogP contribution in [-0.2, 0) is 14.2 Å². The Labute approximate surface area is 102 Å². The predicted molar refractivity (Wildman–Crippen MR) is 60.3 cm³/mol. The molecule has 2 aliphatic rings. The first-order valence-electron chi connectivity index (χ1n) is 5.41. The van der Waals surface area contributed by atoms with E-state index >= 15 is 0 Å². The van der Waals surface area contributed by atoms with E-state index < -0.39 is 18.2 Å². The van der Waals surface area contributed by atoms with Gasteiger partial charge >= 0.3 is 102 Å². The van der Waals surface area contributed by atoms with Crippen LogP contribution in [0.25, 0.3) is 0 Å². The molecule has 2 saturated heterocycles. The molecular weight excluding hydrogens is 275 g/mol. The number of hydrogen-bond acceptors (Lipinski definition) is 4. The molecule has 0 radical (unpaired) electrons. The third-order valence-corrected chi connectivity index (χ3v) is 4.81. The number of allylic oxidation sites excluding steroid dienone is 1. The monoisotopic (exact) mass is 294 g/mol. The van der Waals surface area contributed by atoms with Gasteiger partial charge in [0.25, 0.3) is 0 Å². The van der Waals surface area contributed by atoms with Crippen molar-refractivity contribution in [3.8, 4) is 0 Å². The van der Waals surface area contributed by atoms with E-state index in [1.807, 2.05) is 19.9 Å². The van der Waals surface area contributed by atoms with Crippen LogP contribution in [-0.4, -0.2) is 50.5 Å². The summed E-state index contributed by atoms with van der Waals surface area (Å²) in [6.45, 7) is 7.35. The normalized spacial score (nSPS) is 40.9. The van der Waals surface area contributed by atoms with Gasteiger partial charge in [-0.05, 0) is 0 Å². The molecule has 0 aromatic rings. The van der Waals surface area contributed by atoms with Gasteiger partial charge in [-0.25, -0.2) is 0 Å². The summed E-state index contributed by atoms with van der Waals surface area (Å²) in [6, 6.07) is 0. The standard InChI is InChI=1S/C11H18O4Se/c1-4-5-16-6-7-8(12)9-10(13-7)15-11(2,3)14-9/h4,7-10,12H,1,5-6H2,2-3H3/t7-,8+,9-,10-/m1/s1. The molecule has 0 aromatic carbocycles. The van der Waals surface area contributed by atoms with Crippen molar-refractivity contribution in [1.29, 1.82) is 0 Å². The van der Waals surface area contributed by atoms with Crippen LogP contribution in [0.3, 0.4) is 0 Å². The van der Waals surface area contributed by atoms with Gasteiger partial charge in [-0.2, -0.15) is 0 Å².